The van der Waals surface area contributed by atoms with Crippen LogP contribution in [-0.4, -0.2) is 11.6 Å². The van der Waals surface area contributed by atoms with Gasteiger partial charge in [-0.2, -0.15) is 0 Å². The van der Waals surface area contributed by atoms with Crippen molar-refractivity contribution in [2.45, 2.75) is 12.8 Å². The van der Waals surface area contributed by atoms with Crippen LogP contribution in [0.25, 0.3) is 54.2 Å². The van der Waals surface area contributed by atoms with Gasteiger partial charge >= 0.3 is 0 Å². The number of ketones is 2. The lowest BCUT2D eigenvalue weighted by atomic mass is 9.78. The van der Waals surface area contributed by atoms with Crippen molar-refractivity contribution in [3.8, 4) is 11.1 Å². The number of hydrogen-bond donors (Lipinski definition) is 0. The van der Waals surface area contributed by atoms with E-state index in [0.717, 1.165) is 28.0 Å². The van der Waals surface area contributed by atoms with E-state index in [0.29, 0.717) is 11.1 Å². The standard InChI is InChI=1S/C30H16O2/c31-25-14-26(32)24-12-10-22-20-8-7-18-17-4-2-1-3-15(17)13-16-5-6-19(28(20)27(16)18)21-9-11-23(25)30(24)29(21)22/h1-12H,13-14H2. The molecular formula is C30H16O2. The Kier molecular flexibility index (Phi) is 2.81. The van der Waals surface area contributed by atoms with Crippen molar-refractivity contribution in [1.29, 1.82) is 0 Å². The zero-order chi connectivity index (χ0) is 21.1. The minimum atomic E-state index is -0.0705. The Morgan fingerprint density at radius 2 is 0.969 bits per heavy atom. The molecule has 2 nitrogen and oxygen atoms in total. The third-order valence-corrected chi connectivity index (χ3v) is 7.60. The molecule has 0 N–H and O–H groups in total. The van der Waals surface area contributed by atoms with Crippen LogP contribution >= 0.6 is 0 Å². The normalized spacial score (nSPS) is 14.8. The van der Waals surface area contributed by atoms with Crippen molar-refractivity contribution in [1.82, 2.24) is 0 Å². The highest BCUT2D eigenvalue weighted by Gasteiger charge is 2.28. The maximum Gasteiger partial charge on any atom is 0.171 e. The number of fused-ring (bicyclic) bond motifs is 4. The lowest BCUT2D eigenvalue weighted by Crippen LogP contribution is -2.16. The number of carbonyl (C=O) groups is 2. The van der Waals surface area contributed by atoms with Crippen LogP contribution in [-0.2, 0) is 6.42 Å². The van der Waals surface area contributed by atoms with Crippen molar-refractivity contribution < 1.29 is 9.59 Å². The Balaban J connectivity index is 1.65. The van der Waals surface area contributed by atoms with E-state index in [4.69, 9.17) is 0 Å². The van der Waals surface area contributed by atoms with Crippen LogP contribution in [0, 0.1) is 0 Å². The Morgan fingerprint density at radius 3 is 1.66 bits per heavy atom. The summed E-state index contributed by atoms with van der Waals surface area (Å²) in [6, 6.07) is 25.7. The molecule has 0 aromatic heterocycles. The zero-order valence-electron chi connectivity index (χ0n) is 17.2. The molecule has 0 radical (unpaired) electrons. The summed E-state index contributed by atoms with van der Waals surface area (Å²) in [7, 11) is 0. The highest BCUT2D eigenvalue weighted by molar-refractivity contribution is 6.39. The smallest absolute Gasteiger partial charge is 0.171 e. The molecular weight excluding hydrogens is 392 g/mol. The van der Waals surface area contributed by atoms with Crippen LogP contribution in [0.1, 0.15) is 38.3 Å². The summed E-state index contributed by atoms with van der Waals surface area (Å²) in [6.45, 7) is 0. The molecule has 0 aliphatic heterocycles. The van der Waals surface area contributed by atoms with Crippen LogP contribution in [0.5, 0.6) is 0 Å². The van der Waals surface area contributed by atoms with Crippen LogP contribution in [0.15, 0.2) is 72.8 Å². The van der Waals surface area contributed by atoms with Crippen LogP contribution < -0.4 is 0 Å². The summed E-state index contributed by atoms with van der Waals surface area (Å²) in [5.74, 6) is -0.141. The molecule has 0 bridgehead atoms. The van der Waals surface area contributed by atoms with Gasteiger partial charge in [-0.15, -0.1) is 0 Å². The van der Waals surface area contributed by atoms with E-state index < -0.39 is 0 Å². The minimum Gasteiger partial charge on any atom is -0.294 e. The lowest BCUT2D eigenvalue weighted by molar-refractivity contribution is 0.0890. The minimum absolute atomic E-state index is 0.0287. The van der Waals surface area contributed by atoms with Gasteiger partial charge in [0.25, 0.3) is 0 Å². The van der Waals surface area contributed by atoms with E-state index in [2.05, 4.69) is 60.7 Å². The molecule has 6 aromatic carbocycles. The third kappa shape index (κ3) is 1.79. The predicted octanol–water partition coefficient (Wildman–Crippen LogP) is 7.08. The van der Waals surface area contributed by atoms with Gasteiger partial charge in [-0.25, -0.2) is 0 Å². The second-order valence-corrected chi connectivity index (χ2v) is 9.11. The van der Waals surface area contributed by atoms with Gasteiger partial charge in [-0.1, -0.05) is 72.8 Å². The molecule has 0 heterocycles. The summed E-state index contributed by atoms with van der Waals surface area (Å²) in [5.41, 5.74) is 6.71. The monoisotopic (exact) mass is 408 g/mol. The SMILES string of the molecule is O=C1CC(=O)c2ccc3c4ccc5c6c(ccc(c7ccc1c2c73)c64)Cc1ccccc1-5. The lowest BCUT2D eigenvalue weighted by Gasteiger charge is -2.25. The number of benzene rings is 6. The summed E-state index contributed by atoms with van der Waals surface area (Å²) < 4.78 is 0. The van der Waals surface area contributed by atoms with Gasteiger partial charge in [0.05, 0.1) is 6.42 Å². The van der Waals surface area contributed by atoms with Gasteiger partial charge in [-0.05, 0) is 66.4 Å². The Morgan fingerprint density at radius 1 is 0.406 bits per heavy atom. The molecule has 0 fully saturated rings. The van der Waals surface area contributed by atoms with E-state index in [1.165, 1.54) is 43.8 Å². The average molecular weight is 408 g/mol. The number of rotatable bonds is 0. The molecule has 2 aliphatic rings. The van der Waals surface area contributed by atoms with Crippen molar-refractivity contribution in [3.05, 3.63) is 95.1 Å². The topological polar surface area (TPSA) is 34.1 Å². The quantitative estimate of drug-likeness (QED) is 0.153. The summed E-state index contributed by atoms with van der Waals surface area (Å²) in [5, 5.41) is 9.15. The van der Waals surface area contributed by atoms with Crippen LogP contribution in [0.4, 0.5) is 0 Å². The molecule has 0 spiro atoms. The maximum absolute atomic E-state index is 12.7. The molecule has 2 aliphatic carbocycles. The number of carbonyl (C=O) groups excluding carboxylic acids is 2. The highest BCUT2D eigenvalue weighted by Crippen LogP contribution is 2.48. The predicted molar refractivity (Wildman–Crippen MR) is 129 cm³/mol. The van der Waals surface area contributed by atoms with Gasteiger partial charge in [0.1, 0.15) is 0 Å². The van der Waals surface area contributed by atoms with Crippen molar-refractivity contribution in [2.75, 3.05) is 0 Å². The van der Waals surface area contributed by atoms with Crippen molar-refractivity contribution >= 4 is 54.7 Å². The molecule has 0 saturated carbocycles. The van der Waals surface area contributed by atoms with E-state index >= 15 is 0 Å². The summed E-state index contributed by atoms with van der Waals surface area (Å²) in [4.78, 5) is 25.4. The van der Waals surface area contributed by atoms with Gasteiger partial charge in [0.2, 0.25) is 0 Å². The summed E-state index contributed by atoms with van der Waals surface area (Å²) >= 11 is 0. The first-order valence-electron chi connectivity index (χ1n) is 11.0. The van der Waals surface area contributed by atoms with E-state index in [1.807, 2.05) is 12.1 Å². The molecule has 148 valence electrons. The first-order chi connectivity index (χ1) is 15.7. The first kappa shape index (κ1) is 16.6. The molecule has 6 aromatic rings. The van der Waals surface area contributed by atoms with E-state index in [9.17, 15) is 9.59 Å². The fourth-order valence-corrected chi connectivity index (χ4v) is 6.28. The fraction of sp³-hybridized carbons (Fsp3) is 0.0667. The Labute approximate surface area is 183 Å². The fourth-order valence-electron chi connectivity index (χ4n) is 6.28. The van der Waals surface area contributed by atoms with Gasteiger partial charge < -0.3 is 0 Å². The average Bonchev–Trinajstić information content (AvgIpc) is 2.82. The zero-order valence-corrected chi connectivity index (χ0v) is 17.2. The second-order valence-electron chi connectivity index (χ2n) is 9.11. The largest absolute Gasteiger partial charge is 0.294 e. The molecule has 32 heavy (non-hydrogen) atoms. The van der Waals surface area contributed by atoms with Crippen LogP contribution in [0.2, 0.25) is 0 Å². The van der Waals surface area contributed by atoms with Gasteiger partial charge in [0, 0.05) is 16.5 Å². The van der Waals surface area contributed by atoms with E-state index in [1.54, 1.807) is 0 Å². The first-order valence-corrected chi connectivity index (χ1v) is 11.0. The Bertz CT molecular complexity index is 1790. The third-order valence-electron chi connectivity index (χ3n) is 7.60. The maximum atomic E-state index is 12.7. The molecule has 0 unspecified atom stereocenters. The second kappa shape index (κ2) is 5.41. The van der Waals surface area contributed by atoms with Gasteiger partial charge in [0.15, 0.2) is 11.6 Å². The molecule has 2 heteroatoms. The molecule has 0 amide bonds. The highest BCUT2D eigenvalue weighted by atomic mass is 16.1. The van der Waals surface area contributed by atoms with Crippen molar-refractivity contribution in [3.63, 3.8) is 0 Å². The number of hydrogen-bond acceptors (Lipinski definition) is 2. The number of Topliss-reactive ketones (excluding diaryl/α,β-unsaturated/α-hetero) is 2. The molecule has 8 rings (SSSR count). The van der Waals surface area contributed by atoms with E-state index in [-0.39, 0.29) is 18.0 Å². The summed E-state index contributed by atoms with van der Waals surface area (Å²) in [6.07, 6.45) is 0.908. The van der Waals surface area contributed by atoms with Crippen LogP contribution in [0.3, 0.4) is 0 Å². The molecule has 0 saturated heterocycles. The Hall–Kier alpha value is -4.04. The van der Waals surface area contributed by atoms with Crippen molar-refractivity contribution in [2.24, 2.45) is 0 Å². The molecule has 0 atom stereocenters. The van der Waals surface area contributed by atoms with Gasteiger partial charge in [-0.3, -0.25) is 9.59 Å².